The highest BCUT2D eigenvalue weighted by molar-refractivity contribution is 6.07. The highest BCUT2D eigenvalue weighted by Gasteiger charge is 2.46. The summed E-state index contributed by atoms with van der Waals surface area (Å²) in [4.78, 5) is 36.0. The number of amides is 2. The van der Waals surface area contributed by atoms with E-state index in [-0.39, 0.29) is 17.8 Å². The fraction of sp³-hybridized carbons (Fsp3) is 0.273. The predicted molar refractivity (Wildman–Crippen MR) is 113 cm³/mol. The molecule has 0 atom stereocenters. The van der Waals surface area contributed by atoms with Crippen LogP contribution in [-0.4, -0.2) is 50.9 Å². The summed E-state index contributed by atoms with van der Waals surface area (Å²) in [6.45, 7) is 2.87. The molecular weight excluding hydrogens is 380 g/mol. The number of likely N-dealkylation sites (tertiary alicyclic amines) is 1. The molecule has 1 spiro atoms. The minimum Gasteiger partial charge on any atom is -0.370 e. The van der Waals surface area contributed by atoms with Crippen LogP contribution >= 0.6 is 0 Å². The lowest BCUT2D eigenvalue weighted by molar-refractivity contribution is -0.125. The standard InChI is InChI=1S/C22H22N6O2/c1-14-24-17-13-15(7-8-18(17)28(14)16-5-3-2-4-6-16)19(29)27-11-9-22(10-12-27)20(30)25-21(23)26-22/h2-8,13H,9-12H2,1H3,(H3,23,25,26,30). The molecule has 3 heterocycles. The van der Waals surface area contributed by atoms with Gasteiger partial charge in [-0.15, -0.1) is 0 Å². The average Bonchev–Trinajstić information content (AvgIpc) is 3.22. The number of hydrogen-bond acceptors (Lipinski definition) is 5. The Morgan fingerprint density at radius 2 is 1.87 bits per heavy atom. The maximum Gasteiger partial charge on any atom is 0.254 e. The second kappa shape index (κ2) is 6.69. The van der Waals surface area contributed by atoms with Crippen molar-refractivity contribution < 1.29 is 9.59 Å². The first-order valence-electron chi connectivity index (χ1n) is 9.97. The van der Waals surface area contributed by atoms with E-state index < -0.39 is 5.54 Å². The number of imidazole rings is 1. The number of aromatic nitrogens is 2. The number of nitrogens with two attached hydrogens (primary N) is 1. The molecule has 3 N–H and O–H groups in total. The summed E-state index contributed by atoms with van der Waals surface area (Å²) >= 11 is 0. The molecular formula is C22H22N6O2. The molecule has 0 unspecified atom stereocenters. The van der Waals surface area contributed by atoms with E-state index >= 15 is 0 Å². The first kappa shape index (κ1) is 18.4. The zero-order valence-electron chi connectivity index (χ0n) is 16.6. The quantitative estimate of drug-likeness (QED) is 0.681. The van der Waals surface area contributed by atoms with Crippen LogP contribution in [0.5, 0.6) is 0 Å². The molecule has 5 rings (SSSR count). The summed E-state index contributed by atoms with van der Waals surface area (Å²) in [6, 6.07) is 15.6. The molecule has 8 nitrogen and oxygen atoms in total. The number of rotatable bonds is 2. The highest BCUT2D eigenvalue weighted by atomic mass is 16.2. The fourth-order valence-electron chi connectivity index (χ4n) is 4.38. The van der Waals surface area contributed by atoms with Crippen molar-refractivity contribution >= 4 is 28.8 Å². The number of aliphatic imine (C=N–C) groups is 1. The van der Waals surface area contributed by atoms with Crippen LogP contribution in [-0.2, 0) is 4.79 Å². The number of fused-ring (bicyclic) bond motifs is 1. The number of para-hydroxylation sites is 1. The Morgan fingerprint density at radius 1 is 1.13 bits per heavy atom. The second-order valence-electron chi connectivity index (χ2n) is 7.81. The zero-order chi connectivity index (χ0) is 20.9. The monoisotopic (exact) mass is 402 g/mol. The number of piperidine rings is 1. The lowest BCUT2D eigenvalue weighted by Crippen LogP contribution is -2.50. The molecule has 152 valence electrons. The fourth-order valence-corrected chi connectivity index (χ4v) is 4.38. The minimum atomic E-state index is -0.823. The predicted octanol–water partition coefficient (Wildman–Crippen LogP) is 1.75. The van der Waals surface area contributed by atoms with Crippen LogP contribution in [0.15, 0.2) is 53.5 Å². The number of benzene rings is 2. The van der Waals surface area contributed by atoms with Crippen LogP contribution in [0.2, 0.25) is 0 Å². The number of aryl methyl sites for hydroxylation is 1. The van der Waals surface area contributed by atoms with Crippen molar-refractivity contribution in [2.75, 3.05) is 13.1 Å². The van der Waals surface area contributed by atoms with Gasteiger partial charge in [0.2, 0.25) is 0 Å². The second-order valence-corrected chi connectivity index (χ2v) is 7.81. The smallest absolute Gasteiger partial charge is 0.254 e. The summed E-state index contributed by atoms with van der Waals surface area (Å²) in [5.41, 5.74) is 8.20. The van der Waals surface area contributed by atoms with Crippen LogP contribution < -0.4 is 11.1 Å². The number of nitrogens with one attached hydrogen (secondary N) is 1. The van der Waals surface area contributed by atoms with Gasteiger partial charge in [0.05, 0.1) is 11.0 Å². The average molecular weight is 402 g/mol. The van der Waals surface area contributed by atoms with Crippen LogP contribution in [0.25, 0.3) is 16.7 Å². The Morgan fingerprint density at radius 3 is 2.53 bits per heavy atom. The van der Waals surface area contributed by atoms with E-state index in [0.717, 1.165) is 22.5 Å². The maximum atomic E-state index is 13.1. The molecule has 3 aromatic rings. The van der Waals surface area contributed by atoms with Gasteiger partial charge in [-0.3, -0.25) is 19.5 Å². The van der Waals surface area contributed by atoms with Gasteiger partial charge in [-0.25, -0.2) is 9.98 Å². The van der Waals surface area contributed by atoms with Gasteiger partial charge < -0.3 is 10.6 Å². The first-order chi connectivity index (χ1) is 14.5. The third kappa shape index (κ3) is 2.83. The summed E-state index contributed by atoms with van der Waals surface area (Å²) in [6.07, 6.45) is 0.935. The van der Waals surface area contributed by atoms with E-state index in [0.29, 0.717) is 31.5 Å². The maximum absolute atomic E-state index is 13.1. The van der Waals surface area contributed by atoms with Gasteiger partial charge in [0.1, 0.15) is 11.4 Å². The third-order valence-corrected chi connectivity index (χ3v) is 5.96. The zero-order valence-corrected chi connectivity index (χ0v) is 16.6. The van der Waals surface area contributed by atoms with E-state index in [1.165, 1.54) is 0 Å². The molecule has 30 heavy (non-hydrogen) atoms. The normalized spacial score (nSPS) is 18.0. The lowest BCUT2D eigenvalue weighted by Gasteiger charge is -2.35. The number of carbonyl (C=O) groups excluding carboxylic acids is 2. The van der Waals surface area contributed by atoms with Crippen molar-refractivity contribution in [1.82, 2.24) is 19.8 Å². The molecule has 2 aliphatic rings. The molecule has 0 radical (unpaired) electrons. The molecule has 0 aliphatic carbocycles. The Bertz CT molecular complexity index is 1190. The minimum absolute atomic E-state index is 0.0611. The molecule has 2 aromatic carbocycles. The summed E-state index contributed by atoms with van der Waals surface area (Å²) < 4.78 is 2.08. The van der Waals surface area contributed by atoms with Crippen molar-refractivity contribution in [3.8, 4) is 5.69 Å². The van der Waals surface area contributed by atoms with Crippen LogP contribution in [0, 0.1) is 6.92 Å². The van der Waals surface area contributed by atoms with E-state index in [1.807, 2.05) is 55.5 Å². The van der Waals surface area contributed by atoms with Crippen molar-refractivity contribution in [1.29, 1.82) is 0 Å². The van der Waals surface area contributed by atoms with Crippen molar-refractivity contribution in [2.45, 2.75) is 25.3 Å². The molecule has 0 saturated carbocycles. The van der Waals surface area contributed by atoms with Gasteiger partial charge in [0.15, 0.2) is 5.96 Å². The van der Waals surface area contributed by atoms with Crippen LogP contribution in [0.1, 0.15) is 29.0 Å². The van der Waals surface area contributed by atoms with Gasteiger partial charge in [0.25, 0.3) is 11.8 Å². The molecule has 1 fully saturated rings. The van der Waals surface area contributed by atoms with E-state index in [9.17, 15) is 9.59 Å². The Hall–Kier alpha value is -3.68. The molecule has 8 heteroatoms. The molecule has 2 amide bonds. The number of hydrogen-bond donors (Lipinski definition) is 2. The Balaban J connectivity index is 1.39. The van der Waals surface area contributed by atoms with E-state index in [2.05, 4.69) is 19.9 Å². The lowest BCUT2D eigenvalue weighted by atomic mass is 9.88. The summed E-state index contributed by atoms with van der Waals surface area (Å²) in [7, 11) is 0. The number of guanidine groups is 1. The van der Waals surface area contributed by atoms with Gasteiger partial charge in [0, 0.05) is 24.3 Å². The van der Waals surface area contributed by atoms with Gasteiger partial charge in [-0.05, 0) is 50.1 Å². The molecule has 1 aromatic heterocycles. The largest absolute Gasteiger partial charge is 0.370 e. The Labute approximate surface area is 173 Å². The highest BCUT2D eigenvalue weighted by Crippen LogP contribution is 2.30. The van der Waals surface area contributed by atoms with E-state index in [4.69, 9.17) is 5.73 Å². The number of nitrogens with zero attached hydrogens (tertiary/aromatic N) is 4. The van der Waals surface area contributed by atoms with Gasteiger partial charge >= 0.3 is 0 Å². The van der Waals surface area contributed by atoms with Crippen LogP contribution in [0.4, 0.5) is 0 Å². The first-order valence-corrected chi connectivity index (χ1v) is 9.97. The van der Waals surface area contributed by atoms with Gasteiger partial charge in [-0.2, -0.15) is 0 Å². The summed E-state index contributed by atoms with van der Waals surface area (Å²) in [5.74, 6) is 0.794. The topological polar surface area (TPSA) is 106 Å². The molecule has 1 saturated heterocycles. The van der Waals surface area contributed by atoms with Crippen LogP contribution in [0.3, 0.4) is 0 Å². The summed E-state index contributed by atoms with van der Waals surface area (Å²) in [5, 5.41) is 2.57. The van der Waals surface area contributed by atoms with Gasteiger partial charge in [-0.1, -0.05) is 18.2 Å². The molecule has 2 aliphatic heterocycles. The Kier molecular flexibility index (Phi) is 4.09. The number of carbonyl (C=O) groups is 2. The SMILES string of the molecule is Cc1nc2cc(C(=O)N3CCC4(CC3)N=C(N)NC4=O)ccc2n1-c1ccccc1. The van der Waals surface area contributed by atoms with Crippen molar-refractivity contribution in [2.24, 2.45) is 10.7 Å². The molecule has 0 bridgehead atoms. The van der Waals surface area contributed by atoms with E-state index in [1.54, 1.807) is 4.90 Å². The van der Waals surface area contributed by atoms with Crippen molar-refractivity contribution in [3.05, 3.63) is 59.9 Å². The van der Waals surface area contributed by atoms with Crippen molar-refractivity contribution in [3.63, 3.8) is 0 Å². The third-order valence-electron chi connectivity index (χ3n) is 5.96.